The molecule has 1 N–H and O–H groups in total. The van der Waals surface area contributed by atoms with Gasteiger partial charge in [-0.05, 0) is 62.2 Å². The molecule has 2 heteroatoms. The predicted molar refractivity (Wildman–Crippen MR) is 82.0 cm³/mol. The monoisotopic (exact) mass is 277 g/mol. The van der Waals surface area contributed by atoms with Gasteiger partial charge in [-0.15, -0.1) is 0 Å². The number of rotatable bonds is 2. The summed E-state index contributed by atoms with van der Waals surface area (Å²) in [5, 5.41) is 21.2. The van der Waals surface area contributed by atoms with Crippen LogP contribution in [0.15, 0.2) is 0 Å². The van der Waals surface area contributed by atoms with Crippen LogP contribution in [0.4, 0.5) is 0 Å². The minimum absolute atomic E-state index is 0.336. The third-order valence-corrected chi connectivity index (χ3v) is 6.27. The zero-order valence-electron chi connectivity index (χ0n) is 13.7. The van der Waals surface area contributed by atoms with E-state index in [1.807, 2.05) is 0 Å². The molecule has 2 nitrogen and oxygen atoms in total. The Morgan fingerprint density at radius 3 is 2.20 bits per heavy atom. The van der Waals surface area contributed by atoms with E-state index >= 15 is 0 Å². The summed E-state index contributed by atoms with van der Waals surface area (Å²) < 4.78 is 0. The van der Waals surface area contributed by atoms with Crippen LogP contribution in [0.2, 0.25) is 0 Å². The molecule has 0 aliphatic heterocycles. The van der Waals surface area contributed by atoms with Gasteiger partial charge in [0.1, 0.15) is 0 Å². The number of hydrogen-bond acceptors (Lipinski definition) is 2. The lowest BCUT2D eigenvalue weighted by molar-refractivity contribution is -0.123. The maximum absolute atomic E-state index is 11.3. The van der Waals surface area contributed by atoms with Gasteiger partial charge >= 0.3 is 0 Å². The van der Waals surface area contributed by atoms with Crippen LogP contribution in [0.1, 0.15) is 79.1 Å². The van der Waals surface area contributed by atoms with Gasteiger partial charge < -0.3 is 5.11 Å². The summed E-state index contributed by atoms with van der Waals surface area (Å²) in [5.41, 5.74) is -0.898. The SMILES string of the molecule is CC(C)C1CCCC(O)(C2(C#N)CCC(C)(C)CC2)C1. The lowest BCUT2D eigenvalue weighted by atomic mass is 9.54. The Morgan fingerprint density at radius 1 is 1.10 bits per heavy atom. The van der Waals surface area contributed by atoms with Crippen molar-refractivity contribution in [2.45, 2.75) is 84.7 Å². The average Bonchev–Trinajstić information content (AvgIpc) is 2.39. The van der Waals surface area contributed by atoms with Gasteiger partial charge in [0, 0.05) is 0 Å². The maximum atomic E-state index is 11.3. The quantitative estimate of drug-likeness (QED) is 0.797. The molecule has 0 aromatic carbocycles. The second-order valence-electron chi connectivity index (χ2n) is 8.49. The van der Waals surface area contributed by atoms with Crippen molar-refractivity contribution in [1.29, 1.82) is 5.26 Å². The summed E-state index contributed by atoms with van der Waals surface area (Å²) in [6.45, 7) is 9.07. The van der Waals surface area contributed by atoms with Crippen molar-refractivity contribution < 1.29 is 5.11 Å². The third-order valence-electron chi connectivity index (χ3n) is 6.27. The molecule has 0 amide bonds. The third kappa shape index (κ3) is 2.75. The van der Waals surface area contributed by atoms with Crippen molar-refractivity contribution >= 4 is 0 Å². The highest BCUT2D eigenvalue weighted by atomic mass is 16.3. The summed E-state index contributed by atoms with van der Waals surface area (Å²) in [6.07, 6.45) is 7.82. The van der Waals surface area contributed by atoms with E-state index in [4.69, 9.17) is 0 Å². The first kappa shape index (κ1) is 15.8. The van der Waals surface area contributed by atoms with E-state index in [1.54, 1.807) is 0 Å². The maximum Gasteiger partial charge on any atom is 0.0860 e. The van der Waals surface area contributed by atoms with Crippen molar-refractivity contribution in [3.63, 3.8) is 0 Å². The Bertz CT molecular complexity index is 383. The van der Waals surface area contributed by atoms with Crippen molar-refractivity contribution in [3.8, 4) is 6.07 Å². The fourth-order valence-electron chi connectivity index (χ4n) is 4.33. The Labute approximate surface area is 124 Å². The number of nitriles is 1. The minimum Gasteiger partial charge on any atom is -0.388 e. The van der Waals surface area contributed by atoms with Gasteiger partial charge in [0.25, 0.3) is 0 Å². The first-order valence-corrected chi connectivity index (χ1v) is 8.37. The molecule has 114 valence electrons. The molecule has 0 radical (unpaired) electrons. The van der Waals surface area contributed by atoms with Crippen LogP contribution >= 0.6 is 0 Å². The molecular formula is C18H31NO. The normalized spacial score (nSPS) is 36.5. The van der Waals surface area contributed by atoms with Crippen molar-refractivity contribution in [1.82, 2.24) is 0 Å². The smallest absolute Gasteiger partial charge is 0.0860 e. The first-order valence-electron chi connectivity index (χ1n) is 8.37. The zero-order chi connectivity index (χ0) is 15.0. The lowest BCUT2D eigenvalue weighted by Gasteiger charge is -2.52. The van der Waals surface area contributed by atoms with Gasteiger partial charge in [-0.3, -0.25) is 0 Å². The van der Waals surface area contributed by atoms with Crippen LogP contribution in [0.25, 0.3) is 0 Å². The van der Waals surface area contributed by atoms with Gasteiger partial charge in [-0.2, -0.15) is 5.26 Å². The topological polar surface area (TPSA) is 44.0 Å². The van der Waals surface area contributed by atoms with E-state index in [0.29, 0.717) is 17.3 Å². The van der Waals surface area contributed by atoms with Crippen LogP contribution in [0, 0.1) is 34.0 Å². The van der Waals surface area contributed by atoms with E-state index in [0.717, 1.165) is 44.9 Å². The van der Waals surface area contributed by atoms with Gasteiger partial charge in [-0.25, -0.2) is 0 Å². The van der Waals surface area contributed by atoms with Crippen LogP contribution in [0.3, 0.4) is 0 Å². The van der Waals surface area contributed by atoms with Crippen LogP contribution < -0.4 is 0 Å². The molecule has 2 aliphatic rings. The van der Waals surface area contributed by atoms with Crippen LogP contribution in [0.5, 0.6) is 0 Å². The summed E-state index contributed by atoms with van der Waals surface area (Å²) >= 11 is 0. The molecule has 0 bridgehead atoms. The Hall–Kier alpha value is -0.550. The fraction of sp³-hybridized carbons (Fsp3) is 0.944. The second-order valence-corrected chi connectivity index (χ2v) is 8.49. The molecule has 0 aromatic heterocycles. The molecule has 2 fully saturated rings. The highest BCUT2D eigenvalue weighted by Gasteiger charge is 2.54. The molecule has 2 atom stereocenters. The molecule has 0 spiro atoms. The van der Waals surface area contributed by atoms with E-state index in [-0.39, 0.29) is 0 Å². The summed E-state index contributed by atoms with van der Waals surface area (Å²) in [6, 6.07) is 2.57. The summed E-state index contributed by atoms with van der Waals surface area (Å²) in [7, 11) is 0. The molecule has 20 heavy (non-hydrogen) atoms. The molecule has 2 unspecified atom stereocenters. The van der Waals surface area contributed by atoms with Crippen molar-refractivity contribution in [2.24, 2.45) is 22.7 Å². The summed E-state index contributed by atoms with van der Waals surface area (Å²) in [5.74, 6) is 1.19. The van der Waals surface area contributed by atoms with Gasteiger partial charge in [-0.1, -0.05) is 34.1 Å². The number of nitrogens with zero attached hydrogens (tertiary/aromatic N) is 1. The molecule has 0 saturated heterocycles. The number of hydrogen-bond donors (Lipinski definition) is 1. The highest BCUT2D eigenvalue weighted by molar-refractivity contribution is 5.15. The van der Waals surface area contributed by atoms with E-state index < -0.39 is 11.0 Å². The highest BCUT2D eigenvalue weighted by Crippen LogP contribution is 2.55. The predicted octanol–water partition coefficient (Wildman–Crippen LogP) is 4.67. The largest absolute Gasteiger partial charge is 0.388 e. The minimum atomic E-state index is -0.745. The van der Waals surface area contributed by atoms with Crippen molar-refractivity contribution in [3.05, 3.63) is 0 Å². The second kappa shape index (κ2) is 5.34. The van der Waals surface area contributed by atoms with Crippen molar-refractivity contribution in [2.75, 3.05) is 0 Å². The summed E-state index contributed by atoms with van der Waals surface area (Å²) in [4.78, 5) is 0. The van der Waals surface area contributed by atoms with E-state index in [1.165, 1.54) is 6.42 Å². The lowest BCUT2D eigenvalue weighted by Crippen LogP contribution is -2.53. The Morgan fingerprint density at radius 2 is 1.70 bits per heavy atom. The van der Waals surface area contributed by atoms with Gasteiger partial charge in [0.2, 0.25) is 0 Å². The Kier molecular flexibility index (Phi) is 4.22. The van der Waals surface area contributed by atoms with Crippen LogP contribution in [-0.2, 0) is 0 Å². The fourth-order valence-corrected chi connectivity index (χ4v) is 4.33. The average molecular weight is 277 g/mol. The first-order chi connectivity index (χ1) is 9.24. The standard InChI is InChI=1S/C18H31NO/c1-14(2)15-6-5-7-18(20,12-15)17(13-19)10-8-16(3,4)9-11-17/h14-15,20H,5-12H2,1-4H3. The van der Waals surface area contributed by atoms with Gasteiger partial charge in [0.05, 0.1) is 17.1 Å². The number of aliphatic hydroxyl groups is 1. The van der Waals surface area contributed by atoms with Crippen LogP contribution in [-0.4, -0.2) is 10.7 Å². The zero-order valence-corrected chi connectivity index (χ0v) is 13.7. The Balaban J connectivity index is 2.20. The molecule has 0 aromatic rings. The van der Waals surface area contributed by atoms with Gasteiger partial charge in [0.15, 0.2) is 0 Å². The molecule has 2 saturated carbocycles. The molecule has 2 aliphatic carbocycles. The molecule has 0 heterocycles. The molecular weight excluding hydrogens is 246 g/mol. The van der Waals surface area contributed by atoms with E-state index in [2.05, 4.69) is 33.8 Å². The van der Waals surface area contributed by atoms with E-state index in [9.17, 15) is 10.4 Å². The molecule has 2 rings (SSSR count).